The topological polar surface area (TPSA) is 83.3 Å². The van der Waals surface area contributed by atoms with Crippen LogP contribution in [-0.4, -0.2) is 27.1 Å². The molecule has 4 rings (SSSR count). The summed E-state index contributed by atoms with van der Waals surface area (Å²) in [7, 11) is 0. The van der Waals surface area contributed by atoms with Crippen LogP contribution in [0.3, 0.4) is 0 Å². The Morgan fingerprint density at radius 1 is 1.14 bits per heavy atom. The number of benzene rings is 2. The van der Waals surface area contributed by atoms with E-state index in [1.54, 1.807) is 47.9 Å². The average Bonchev–Trinajstić information content (AvgIpc) is 2.73. The lowest BCUT2D eigenvalue weighted by molar-refractivity contribution is -0.143. The summed E-state index contributed by atoms with van der Waals surface area (Å²) < 4.78 is 12.7. The molecule has 0 atom stereocenters. The maximum Gasteiger partial charge on any atom is 0.325 e. The third kappa shape index (κ3) is 3.52. The highest BCUT2D eigenvalue weighted by atomic mass is 35.5. The number of carbonyl (C=O) groups excluding carboxylic acids is 1. The quantitative estimate of drug-likeness (QED) is 0.366. The lowest BCUT2D eigenvalue weighted by Gasteiger charge is -2.18. The third-order valence-corrected chi connectivity index (χ3v) is 4.67. The zero-order valence-corrected chi connectivity index (χ0v) is 16.2. The first kappa shape index (κ1) is 18.9. The maximum absolute atomic E-state index is 13.1. The van der Waals surface area contributed by atoms with Crippen molar-refractivity contribution in [3.63, 3.8) is 0 Å². The lowest BCUT2D eigenvalue weighted by Crippen LogP contribution is -2.18. The summed E-state index contributed by atoms with van der Waals surface area (Å²) in [4.78, 5) is 33.5. The van der Waals surface area contributed by atoms with Gasteiger partial charge in [-0.05, 0) is 31.2 Å². The molecule has 146 valence electrons. The van der Waals surface area contributed by atoms with Gasteiger partial charge in [0.15, 0.2) is 11.2 Å². The summed E-state index contributed by atoms with van der Waals surface area (Å²) in [6.07, 6.45) is 4.43. The monoisotopic (exact) mass is 409 g/mol. The predicted molar refractivity (Wildman–Crippen MR) is 109 cm³/mol. The Morgan fingerprint density at radius 2 is 1.97 bits per heavy atom. The molecule has 0 spiro atoms. The summed E-state index contributed by atoms with van der Waals surface area (Å²) in [6, 6.07) is 10.3. The Balaban J connectivity index is 2.06. The average molecular weight is 410 g/mol. The van der Waals surface area contributed by atoms with Gasteiger partial charge in [-0.25, -0.2) is 4.98 Å². The van der Waals surface area contributed by atoms with Crippen molar-refractivity contribution in [2.75, 3.05) is 6.61 Å². The number of aromatic nitrogens is 3. The molecule has 4 aromatic rings. The van der Waals surface area contributed by atoms with Crippen LogP contribution in [0.5, 0.6) is 11.6 Å². The molecule has 0 radical (unpaired) electrons. The molecule has 8 heteroatoms. The summed E-state index contributed by atoms with van der Waals surface area (Å²) in [5, 5.41) is 1.13. The van der Waals surface area contributed by atoms with Crippen LogP contribution in [0.2, 0.25) is 5.02 Å². The second kappa shape index (κ2) is 7.89. The minimum Gasteiger partial charge on any atom is -0.465 e. The van der Waals surface area contributed by atoms with Gasteiger partial charge in [0.1, 0.15) is 6.54 Å². The molecular formula is C21H16ClN3O4. The Morgan fingerprint density at radius 3 is 2.72 bits per heavy atom. The van der Waals surface area contributed by atoms with Crippen molar-refractivity contribution in [2.24, 2.45) is 0 Å². The molecule has 0 unspecified atom stereocenters. The Kier molecular flexibility index (Phi) is 5.14. The van der Waals surface area contributed by atoms with E-state index in [4.69, 9.17) is 21.1 Å². The molecule has 2 aromatic heterocycles. The molecule has 0 N–H and O–H groups in total. The second-order valence-corrected chi connectivity index (χ2v) is 6.56. The summed E-state index contributed by atoms with van der Waals surface area (Å²) in [6.45, 7) is 1.87. The maximum atomic E-state index is 13.1. The molecule has 0 aliphatic carbocycles. The van der Waals surface area contributed by atoms with E-state index in [0.29, 0.717) is 21.8 Å². The van der Waals surface area contributed by atoms with Crippen molar-refractivity contribution < 1.29 is 14.3 Å². The Hall–Kier alpha value is -3.45. The van der Waals surface area contributed by atoms with Crippen LogP contribution in [-0.2, 0) is 16.1 Å². The fourth-order valence-corrected chi connectivity index (χ4v) is 3.40. The number of para-hydroxylation sites is 1. The Bertz CT molecular complexity index is 1270. The van der Waals surface area contributed by atoms with E-state index < -0.39 is 5.97 Å². The smallest absolute Gasteiger partial charge is 0.325 e. The van der Waals surface area contributed by atoms with E-state index in [0.717, 1.165) is 0 Å². The number of hydrogen-bond donors (Lipinski definition) is 0. The molecule has 2 heterocycles. The fourth-order valence-electron chi connectivity index (χ4n) is 3.20. The Labute approximate surface area is 170 Å². The van der Waals surface area contributed by atoms with Crippen molar-refractivity contribution >= 4 is 39.4 Å². The number of pyridine rings is 1. The molecule has 29 heavy (non-hydrogen) atoms. The van der Waals surface area contributed by atoms with Gasteiger partial charge in [-0.3, -0.25) is 14.6 Å². The number of rotatable bonds is 5. The van der Waals surface area contributed by atoms with Crippen LogP contribution in [0, 0.1) is 0 Å². The number of fused-ring (bicyclic) bond motifs is 2. The number of carbonyl (C=O) groups is 1. The van der Waals surface area contributed by atoms with Gasteiger partial charge in [-0.1, -0.05) is 23.7 Å². The molecular weight excluding hydrogens is 394 g/mol. The van der Waals surface area contributed by atoms with Gasteiger partial charge >= 0.3 is 5.97 Å². The standard InChI is InChI=1S/C21H16ClN3O4/c1-2-28-18(26)12-25-16-6-4-3-5-13(16)20(27)14-7-8-15(22)21(19(14)25)29-17-11-23-9-10-24-17/h3-11H,2,12H2,1H3. The van der Waals surface area contributed by atoms with E-state index in [1.165, 1.54) is 18.6 Å². The minimum absolute atomic E-state index is 0.109. The van der Waals surface area contributed by atoms with Crippen LogP contribution >= 0.6 is 11.6 Å². The van der Waals surface area contributed by atoms with Crippen LogP contribution in [0.15, 0.2) is 59.8 Å². The van der Waals surface area contributed by atoms with Gasteiger partial charge in [-0.2, -0.15) is 0 Å². The van der Waals surface area contributed by atoms with Gasteiger partial charge in [0, 0.05) is 17.8 Å². The molecule has 0 amide bonds. The third-order valence-electron chi connectivity index (χ3n) is 4.38. The van der Waals surface area contributed by atoms with Crippen LogP contribution in [0.25, 0.3) is 21.8 Å². The molecule has 0 aliphatic heterocycles. The molecule has 0 fully saturated rings. The van der Waals surface area contributed by atoms with Gasteiger partial charge in [-0.15, -0.1) is 0 Å². The first-order chi connectivity index (χ1) is 14.1. The molecule has 0 saturated carbocycles. The van der Waals surface area contributed by atoms with E-state index in [9.17, 15) is 9.59 Å². The van der Waals surface area contributed by atoms with Crippen LogP contribution < -0.4 is 10.2 Å². The number of hydrogen-bond acceptors (Lipinski definition) is 6. The van der Waals surface area contributed by atoms with Gasteiger partial charge in [0.05, 0.1) is 34.2 Å². The zero-order valence-electron chi connectivity index (χ0n) is 15.5. The van der Waals surface area contributed by atoms with Crippen LogP contribution in [0.1, 0.15) is 6.92 Å². The van der Waals surface area contributed by atoms with Gasteiger partial charge < -0.3 is 14.0 Å². The largest absolute Gasteiger partial charge is 0.465 e. The molecule has 7 nitrogen and oxygen atoms in total. The minimum atomic E-state index is -0.437. The highest BCUT2D eigenvalue weighted by Crippen LogP contribution is 2.36. The van der Waals surface area contributed by atoms with Crippen molar-refractivity contribution in [3.05, 3.63) is 70.2 Å². The predicted octanol–water partition coefficient (Wildman–Crippen LogP) is 3.95. The summed E-state index contributed by atoms with van der Waals surface area (Å²) in [5.74, 6) is -0.00459. The number of halogens is 1. The van der Waals surface area contributed by atoms with Crippen LogP contribution in [0.4, 0.5) is 0 Å². The first-order valence-electron chi connectivity index (χ1n) is 8.93. The van der Waals surface area contributed by atoms with Crippen molar-refractivity contribution in [1.82, 2.24) is 14.5 Å². The molecule has 0 aliphatic rings. The van der Waals surface area contributed by atoms with E-state index in [-0.39, 0.29) is 35.2 Å². The summed E-state index contributed by atoms with van der Waals surface area (Å²) >= 11 is 6.42. The van der Waals surface area contributed by atoms with E-state index in [2.05, 4.69) is 9.97 Å². The van der Waals surface area contributed by atoms with E-state index in [1.807, 2.05) is 0 Å². The highest BCUT2D eigenvalue weighted by Gasteiger charge is 2.20. The number of ether oxygens (including phenoxy) is 2. The fraction of sp³-hybridized carbons (Fsp3) is 0.143. The molecule has 0 bridgehead atoms. The van der Waals surface area contributed by atoms with Gasteiger partial charge in [0.25, 0.3) is 0 Å². The normalized spacial score (nSPS) is 11.0. The molecule has 0 saturated heterocycles. The van der Waals surface area contributed by atoms with Crippen molar-refractivity contribution in [2.45, 2.75) is 13.5 Å². The number of nitrogens with zero attached hydrogens (tertiary/aromatic N) is 3. The van der Waals surface area contributed by atoms with E-state index >= 15 is 0 Å². The van der Waals surface area contributed by atoms with Gasteiger partial charge in [0.2, 0.25) is 5.88 Å². The lowest BCUT2D eigenvalue weighted by atomic mass is 10.1. The zero-order chi connectivity index (χ0) is 20.4. The second-order valence-electron chi connectivity index (χ2n) is 6.16. The van der Waals surface area contributed by atoms with Crippen molar-refractivity contribution in [1.29, 1.82) is 0 Å². The number of esters is 1. The first-order valence-corrected chi connectivity index (χ1v) is 9.31. The molecule has 2 aromatic carbocycles. The summed E-state index contributed by atoms with van der Waals surface area (Å²) in [5.41, 5.74) is 0.778. The SMILES string of the molecule is CCOC(=O)Cn1c2ccccc2c(=O)c2ccc(Cl)c(Oc3cnccn3)c21. The van der Waals surface area contributed by atoms with Crippen molar-refractivity contribution in [3.8, 4) is 11.6 Å². The highest BCUT2D eigenvalue weighted by molar-refractivity contribution is 6.33.